The predicted molar refractivity (Wildman–Crippen MR) is 81.3 cm³/mol. The molecule has 0 aromatic carbocycles. The van der Waals surface area contributed by atoms with Crippen LogP contribution in [0.4, 0.5) is 11.8 Å². The van der Waals surface area contributed by atoms with Crippen molar-refractivity contribution in [2.24, 2.45) is 0 Å². The van der Waals surface area contributed by atoms with E-state index in [0.29, 0.717) is 5.95 Å². The Balaban J connectivity index is 1.86. The molecule has 6 nitrogen and oxygen atoms in total. The summed E-state index contributed by atoms with van der Waals surface area (Å²) in [6.45, 7) is 9.22. The third kappa shape index (κ3) is 4.31. The van der Waals surface area contributed by atoms with Crippen LogP contribution in [-0.2, 0) is 4.74 Å². The quantitative estimate of drug-likeness (QED) is 0.754. The van der Waals surface area contributed by atoms with Crippen LogP contribution in [0.1, 0.15) is 13.3 Å². The first kappa shape index (κ1) is 15.0. The fourth-order valence-electron chi connectivity index (χ4n) is 2.32. The average Bonchev–Trinajstić information content (AvgIpc) is 2.52. The highest BCUT2D eigenvalue weighted by Gasteiger charge is 2.16. The molecule has 1 N–H and O–H groups in total. The molecule has 1 saturated heterocycles. The van der Waals surface area contributed by atoms with Gasteiger partial charge in [-0.2, -0.15) is 4.98 Å². The van der Waals surface area contributed by atoms with Crippen molar-refractivity contribution in [3.63, 3.8) is 0 Å². The third-order valence-corrected chi connectivity index (χ3v) is 3.59. The molecule has 0 saturated carbocycles. The van der Waals surface area contributed by atoms with E-state index in [1.165, 1.54) is 0 Å². The van der Waals surface area contributed by atoms with Crippen LogP contribution in [0.15, 0.2) is 12.3 Å². The van der Waals surface area contributed by atoms with Gasteiger partial charge in [-0.15, -0.1) is 0 Å². The summed E-state index contributed by atoms with van der Waals surface area (Å²) < 4.78 is 5.03. The summed E-state index contributed by atoms with van der Waals surface area (Å²) in [5.41, 5.74) is 0. The number of rotatable bonds is 7. The lowest BCUT2D eigenvalue weighted by molar-refractivity contribution is 0.197. The molecule has 1 aliphatic rings. The van der Waals surface area contributed by atoms with Crippen molar-refractivity contribution in [2.75, 3.05) is 63.2 Å². The summed E-state index contributed by atoms with van der Waals surface area (Å²) in [5.74, 6) is 1.72. The van der Waals surface area contributed by atoms with Crippen LogP contribution >= 0.6 is 0 Å². The number of hydrogen-bond donors (Lipinski definition) is 1. The molecule has 2 rings (SSSR count). The van der Waals surface area contributed by atoms with Crippen molar-refractivity contribution in [1.82, 2.24) is 14.9 Å². The first-order valence-corrected chi connectivity index (χ1v) is 7.36. The van der Waals surface area contributed by atoms with Crippen LogP contribution in [-0.4, -0.2) is 67.9 Å². The Morgan fingerprint density at radius 2 is 2.10 bits per heavy atom. The van der Waals surface area contributed by atoms with E-state index in [0.717, 1.165) is 58.1 Å². The number of likely N-dealkylation sites (N-methyl/N-ethyl adjacent to an activating group) is 1. The first-order chi connectivity index (χ1) is 9.83. The summed E-state index contributed by atoms with van der Waals surface area (Å²) >= 11 is 0. The van der Waals surface area contributed by atoms with Crippen LogP contribution < -0.4 is 10.2 Å². The van der Waals surface area contributed by atoms with E-state index in [4.69, 9.17) is 4.74 Å². The highest BCUT2D eigenvalue weighted by atomic mass is 16.5. The molecule has 6 heteroatoms. The fourth-order valence-corrected chi connectivity index (χ4v) is 2.32. The topological polar surface area (TPSA) is 53.5 Å². The monoisotopic (exact) mass is 279 g/mol. The van der Waals surface area contributed by atoms with E-state index in [2.05, 4.69) is 32.0 Å². The molecule has 0 spiro atoms. The summed E-state index contributed by atoms with van der Waals surface area (Å²) in [7, 11) is 1.72. The minimum atomic E-state index is 0.705. The number of piperazine rings is 1. The summed E-state index contributed by atoms with van der Waals surface area (Å²) in [6, 6.07) is 1.99. The standard InChI is InChI=1S/C14H25N5O/c1-3-18-8-10-19(11-9-18)13-5-7-16-14(17-13)15-6-4-12-20-2/h5,7H,3-4,6,8-12H2,1-2H3,(H,15,16,17). The Hall–Kier alpha value is -1.40. The maximum atomic E-state index is 5.03. The molecule has 0 aliphatic carbocycles. The van der Waals surface area contributed by atoms with Crippen LogP contribution in [0.3, 0.4) is 0 Å². The average molecular weight is 279 g/mol. The smallest absolute Gasteiger partial charge is 0.224 e. The van der Waals surface area contributed by atoms with E-state index >= 15 is 0 Å². The van der Waals surface area contributed by atoms with Crippen LogP contribution in [0.5, 0.6) is 0 Å². The molecule has 20 heavy (non-hydrogen) atoms. The maximum absolute atomic E-state index is 5.03. The molecule has 0 bridgehead atoms. The van der Waals surface area contributed by atoms with Crippen LogP contribution in [0.2, 0.25) is 0 Å². The fraction of sp³-hybridized carbons (Fsp3) is 0.714. The van der Waals surface area contributed by atoms with Crippen molar-refractivity contribution in [1.29, 1.82) is 0 Å². The van der Waals surface area contributed by atoms with Gasteiger partial charge in [0, 0.05) is 52.6 Å². The Bertz CT molecular complexity index is 393. The zero-order valence-corrected chi connectivity index (χ0v) is 12.5. The molecule has 0 radical (unpaired) electrons. The van der Waals surface area contributed by atoms with E-state index in [9.17, 15) is 0 Å². The minimum absolute atomic E-state index is 0.705. The van der Waals surface area contributed by atoms with Gasteiger partial charge in [-0.05, 0) is 19.0 Å². The van der Waals surface area contributed by atoms with Gasteiger partial charge in [0.05, 0.1) is 0 Å². The second-order valence-corrected chi connectivity index (χ2v) is 4.93. The molecule has 1 aromatic rings. The van der Waals surface area contributed by atoms with Gasteiger partial charge in [-0.3, -0.25) is 0 Å². The molecular formula is C14H25N5O. The Kier molecular flexibility index (Phi) is 6.01. The number of aromatic nitrogens is 2. The molecule has 0 amide bonds. The summed E-state index contributed by atoms with van der Waals surface area (Å²) in [4.78, 5) is 13.6. The van der Waals surface area contributed by atoms with Crippen molar-refractivity contribution in [3.05, 3.63) is 12.3 Å². The first-order valence-electron chi connectivity index (χ1n) is 7.36. The van der Waals surface area contributed by atoms with E-state index in [1.807, 2.05) is 12.3 Å². The molecule has 1 fully saturated rings. The Labute approximate surface area is 121 Å². The lowest BCUT2D eigenvalue weighted by Crippen LogP contribution is -2.46. The summed E-state index contributed by atoms with van der Waals surface area (Å²) in [6.07, 6.45) is 2.78. The van der Waals surface area contributed by atoms with Gasteiger partial charge in [0.1, 0.15) is 5.82 Å². The van der Waals surface area contributed by atoms with E-state index in [1.54, 1.807) is 7.11 Å². The zero-order valence-electron chi connectivity index (χ0n) is 12.5. The number of nitrogens with one attached hydrogen (secondary N) is 1. The summed E-state index contributed by atoms with van der Waals surface area (Å²) in [5, 5.41) is 3.24. The van der Waals surface area contributed by atoms with Crippen molar-refractivity contribution in [2.45, 2.75) is 13.3 Å². The maximum Gasteiger partial charge on any atom is 0.224 e. The Morgan fingerprint density at radius 3 is 2.80 bits per heavy atom. The molecule has 1 aromatic heterocycles. The number of nitrogens with zero attached hydrogens (tertiary/aromatic N) is 4. The van der Waals surface area contributed by atoms with Gasteiger partial charge in [0.15, 0.2) is 0 Å². The third-order valence-electron chi connectivity index (χ3n) is 3.59. The van der Waals surface area contributed by atoms with Crippen molar-refractivity contribution >= 4 is 11.8 Å². The van der Waals surface area contributed by atoms with E-state index in [-0.39, 0.29) is 0 Å². The normalized spacial score (nSPS) is 16.4. The zero-order chi connectivity index (χ0) is 14.2. The van der Waals surface area contributed by atoms with Crippen molar-refractivity contribution in [3.8, 4) is 0 Å². The Morgan fingerprint density at radius 1 is 1.30 bits per heavy atom. The van der Waals surface area contributed by atoms with Gasteiger partial charge in [0.2, 0.25) is 5.95 Å². The van der Waals surface area contributed by atoms with E-state index < -0.39 is 0 Å². The van der Waals surface area contributed by atoms with Gasteiger partial charge < -0.3 is 19.9 Å². The highest BCUT2D eigenvalue weighted by Crippen LogP contribution is 2.14. The highest BCUT2D eigenvalue weighted by molar-refractivity contribution is 5.42. The number of methoxy groups -OCH3 is 1. The molecule has 112 valence electrons. The predicted octanol–water partition coefficient (Wildman–Crippen LogP) is 1.07. The number of hydrogen-bond acceptors (Lipinski definition) is 6. The molecule has 0 unspecified atom stereocenters. The number of ether oxygens (including phenoxy) is 1. The van der Waals surface area contributed by atoms with Crippen LogP contribution in [0, 0.1) is 0 Å². The van der Waals surface area contributed by atoms with Gasteiger partial charge >= 0.3 is 0 Å². The molecule has 0 atom stereocenters. The van der Waals surface area contributed by atoms with Gasteiger partial charge in [-0.25, -0.2) is 4.98 Å². The second-order valence-electron chi connectivity index (χ2n) is 4.93. The van der Waals surface area contributed by atoms with Crippen molar-refractivity contribution < 1.29 is 4.74 Å². The lowest BCUT2D eigenvalue weighted by atomic mass is 10.3. The van der Waals surface area contributed by atoms with Crippen LogP contribution in [0.25, 0.3) is 0 Å². The lowest BCUT2D eigenvalue weighted by Gasteiger charge is -2.34. The largest absolute Gasteiger partial charge is 0.385 e. The minimum Gasteiger partial charge on any atom is -0.385 e. The SMILES string of the molecule is CCN1CCN(c2ccnc(NCCCOC)n2)CC1. The number of anilines is 2. The van der Waals surface area contributed by atoms with Gasteiger partial charge in [-0.1, -0.05) is 6.92 Å². The van der Waals surface area contributed by atoms with Gasteiger partial charge in [0.25, 0.3) is 0 Å². The molecule has 1 aliphatic heterocycles. The molecular weight excluding hydrogens is 254 g/mol. The second kappa shape index (κ2) is 8.01. The molecule has 2 heterocycles.